The Morgan fingerprint density at radius 3 is 2.86 bits per heavy atom. The molecule has 0 aliphatic heterocycles. The third-order valence-corrected chi connectivity index (χ3v) is 4.79. The molecule has 2 unspecified atom stereocenters. The van der Waals surface area contributed by atoms with Crippen molar-refractivity contribution in [3.05, 3.63) is 53.1 Å². The Balaban J connectivity index is 1.93. The fourth-order valence-electron chi connectivity index (χ4n) is 3.15. The minimum Gasteiger partial charge on any atom is -0.383 e. The van der Waals surface area contributed by atoms with Gasteiger partial charge in [-0.05, 0) is 48.4 Å². The highest BCUT2D eigenvalue weighted by atomic mass is 35.5. The van der Waals surface area contributed by atoms with Crippen molar-refractivity contribution < 1.29 is 5.11 Å². The predicted octanol–water partition coefficient (Wildman–Crippen LogP) is 3.57. The van der Waals surface area contributed by atoms with E-state index in [0.717, 1.165) is 35.4 Å². The van der Waals surface area contributed by atoms with Crippen LogP contribution in [0.15, 0.2) is 42.5 Å². The molecule has 116 valence electrons. The van der Waals surface area contributed by atoms with E-state index in [4.69, 9.17) is 11.6 Å². The van der Waals surface area contributed by atoms with Gasteiger partial charge in [0.05, 0.1) is 6.54 Å². The Bertz CT molecular complexity index is 651. The summed E-state index contributed by atoms with van der Waals surface area (Å²) >= 11 is 5.94. The van der Waals surface area contributed by atoms with E-state index in [-0.39, 0.29) is 5.92 Å². The number of nitrogens with zero attached hydrogens (tertiary/aromatic N) is 3. The van der Waals surface area contributed by atoms with Gasteiger partial charge >= 0.3 is 0 Å². The van der Waals surface area contributed by atoms with Crippen LogP contribution in [-0.4, -0.2) is 25.5 Å². The second kappa shape index (κ2) is 6.23. The summed E-state index contributed by atoms with van der Waals surface area (Å²) in [4.78, 5) is 3.97. The Morgan fingerprint density at radius 1 is 1.41 bits per heavy atom. The Morgan fingerprint density at radius 2 is 2.18 bits per heavy atom. The van der Waals surface area contributed by atoms with E-state index >= 15 is 0 Å². The van der Waals surface area contributed by atoms with Gasteiger partial charge < -0.3 is 5.11 Å². The highest BCUT2D eigenvalue weighted by Gasteiger charge is 2.40. The number of rotatable bonds is 3. The molecule has 2 aromatic rings. The number of hydrogen-bond donors (Lipinski definition) is 1. The van der Waals surface area contributed by atoms with Gasteiger partial charge in [-0.1, -0.05) is 36.7 Å². The lowest BCUT2D eigenvalue weighted by molar-refractivity contribution is -0.0126. The van der Waals surface area contributed by atoms with Gasteiger partial charge in [0.1, 0.15) is 18.3 Å². The predicted molar refractivity (Wildman–Crippen MR) is 87.4 cm³/mol. The summed E-state index contributed by atoms with van der Waals surface area (Å²) in [6.45, 7) is 2.54. The quantitative estimate of drug-likeness (QED) is 0.941. The van der Waals surface area contributed by atoms with E-state index < -0.39 is 5.60 Å². The molecule has 22 heavy (non-hydrogen) atoms. The van der Waals surface area contributed by atoms with E-state index in [9.17, 15) is 5.11 Å². The fraction of sp³-hybridized carbons (Fsp3) is 0.412. The monoisotopic (exact) mass is 317 g/mol. The molecule has 0 radical (unpaired) electrons. The summed E-state index contributed by atoms with van der Waals surface area (Å²) in [6, 6.07) is 7.70. The minimum absolute atomic E-state index is 0.184. The van der Waals surface area contributed by atoms with E-state index in [2.05, 4.69) is 23.1 Å². The average molecular weight is 318 g/mol. The second-order valence-corrected chi connectivity index (χ2v) is 6.47. The maximum atomic E-state index is 11.3. The van der Waals surface area contributed by atoms with Crippen molar-refractivity contribution in [2.24, 2.45) is 5.92 Å². The summed E-state index contributed by atoms with van der Waals surface area (Å²) in [6.07, 6.45) is 8.25. The Labute approximate surface area is 135 Å². The highest BCUT2D eigenvalue weighted by Crippen LogP contribution is 2.40. The highest BCUT2D eigenvalue weighted by molar-refractivity contribution is 6.30. The zero-order valence-corrected chi connectivity index (χ0v) is 13.4. The van der Waals surface area contributed by atoms with Crippen molar-refractivity contribution in [1.29, 1.82) is 0 Å². The topological polar surface area (TPSA) is 50.9 Å². The second-order valence-electron chi connectivity index (χ2n) is 6.03. The third kappa shape index (κ3) is 3.08. The maximum Gasteiger partial charge on any atom is 0.137 e. The molecule has 0 amide bonds. The molecule has 1 aromatic carbocycles. The SMILES string of the molecule is CC1CCCC(=Cc2ccc(Cl)cc2)C1(O)Cn1cncn1. The van der Waals surface area contributed by atoms with Gasteiger partial charge in [0.15, 0.2) is 0 Å². The van der Waals surface area contributed by atoms with Crippen LogP contribution in [0.2, 0.25) is 5.02 Å². The summed E-state index contributed by atoms with van der Waals surface area (Å²) < 4.78 is 1.71. The van der Waals surface area contributed by atoms with Crippen molar-refractivity contribution >= 4 is 17.7 Å². The molecule has 1 heterocycles. The van der Waals surface area contributed by atoms with Crippen molar-refractivity contribution in [1.82, 2.24) is 14.8 Å². The van der Waals surface area contributed by atoms with Crippen LogP contribution < -0.4 is 0 Å². The standard InChI is InChI=1S/C17H20ClN3O/c1-13-3-2-4-15(9-14-5-7-16(18)8-6-14)17(13,22)10-21-12-19-11-20-21/h5-9,11-13,22H,2-4,10H2,1H3. The molecule has 1 N–H and O–H groups in total. The van der Waals surface area contributed by atoms with Crippen molar-refractivity contribution in [3.8, 4) is 0 Å². The van der Waals surface area contributed by atoms with Gasteiger partial charge in [0.2, 0.25) is 0 Å². The lowest BCUT2D eigenvalue weighted by atomic mass is 9.72. The zero-order valence-electron chi connectivity index (χ0n) is 12.6. The largest absolute Gasteiger partial charge is 0.383 e. The van der Waals surface area contributed by atoms with E-state index in [0.29, 0.717) is 6.54 Å². The first kappa shape index (κ1) is 15.3. The van der Waals surface area contributed by atoms with Crippen molar-refractivity contribution in [2.75, 3.05) is 0 Å². The van der Waals surface area contributed by atoms with Crippen LogP contribution in [0.3, 0.4) is 0 Å². The first-order valence-corrected chi connectivity index (χ1v) is 7.97. The average Bonchev–Trinajstić information content (AvgIpc) is 2.99. The van der Waals surface area contributed by atoms with Gasteiger partial charge in [-0.15, -0.1) is 0 Å². The van der Waals surface area contributed by atoms with Crippen LogP contribution in [-0.2, 0) is 6.54 Å². The molecule has 4 nitrogen and oxygen atoms in total. The van der Waals surface area contributed by atoms with Gasteiger partial charge in [-0.3, -0.25) is 0 Å². The molecule has 3 rings (SSSR count). The number of benzene rings is 1. The third-order valence-electron chi connectivity index (χ3n) is 4.54. The number of aliphatic hydroxyl groups is 1. The van der Waals surface area contributed by atoms with Crippen LogP contribution in [0.1, 0.15) is 31.7 Å². The summed E-state index contributed by atoms with van der Waals surface area (Å²) in [5.41, 5.74) is 1.24. The normalized spacial score (nSPS) is 27.2. The molecule has 0 saturated heterocycles. The van der Waals surface area contributed by atoms with E-state index in [1.807, 2.05) is 24.3 Å². The molecule has 1 saturated carbocycles. The molecule has 1 fully saturated rings. The molecule has 1 aliphatic carbocycles. The molecule has 2 atom stereocenters. The van der Waals surface area contributed by atoms with E-state index in [1.165, 1.54) is 6.33 Å². The van der Waals surface area contributed by atoms with Crippen LogP contribution >= 0.6 is 11.6 Å². The molecule has 5 heteroatoms. The van der Waals surface area contributed by atoms with Crippen molar-refractivity contribution in [2.45, 2.75) is 38.3 Å². The first-order chi connectivity index (χ1) is 10.6. The molecular weight excluding hydrogens is 298 g/mol. The molecule has 0 spiro atoms. The summed E-state index contributed by atoms with van der Waals surface area (Å²) in [5, 5.41) is 16.2. The smallest absolute Gasteiger partial charge is 0.137 e. The van der Waals surface area contributed by atoms with Crippen LogP contribution in [0.5, 0.6) is 0 Å². The first-order valence-electron chi connectivity index (χ1n) is 7.59. The molecular formula is C17H20ClN3O. The van der Waals surface area contributed by atoms with Gasteiger partial charge in [0.25, 0.3) is 0 Å². The van der Waals surface area contributed by atoms with Gasteiger partial charge in [0, 0.05) is 5.02 Å². The van der Waals surface area contributed by atoms with E-state index in [1.54, 1.807) is 11.0 Å². The van der Waals surface area contributed by atoms with Gasteiger partial charge in [-0.2, -0.15) is 5.10 Å². The Hall–Kier alpha value is -1.65. The molecule has 0 bridgehead atoms. The Kier molecular flexibility index (Phi) is 4.32. The lowest BCUT2D eigenvalue weighted by Crippen LogP contribution is -2.45. The van der Waals surface area contributed by atoms with Crippen LogP contribution in [0.25, 0.3) is 6.08 Å². The number of hydrogen-bond acceptors (Lipinski definition) is 3. The minimum atomic E-state index is -0.883. The maximum absolute atomic E-state index is 11.3. The lowest BCUT2D eigenvalue weighted by Gasteiger charge is -2.40. The van der Waals surface area contributed by atoms with Crippen molar-refractivity contribution in [3.63, 3.8) is 0 Å². The zero-order chi connectivity index (χ0) is 15.6. The van der Waals surface area contributed by atoms with Crippen LogP contribution in [0, 0.1) is 5.92 Å². The summed E-state index contributed by atoms with van der Waals surface area (Å²) in [7, 11) is 0. The summed E-state index contributed by atoms with van der Waals surface area (Å²) in [5.74, 6) is 0.184. The van der Waals surface area contributed by atoms with Crippen LogP contribution in [0.4, 0.5) is 0 Å². The molecule has 1 aromatic heterocycles. The fourth-order valence-corrected chi connectivity index (χ4v) is 3.27. The molecule has 1 aliphatic rings. The number of aromatic nitrogens is 3. The van der Waals surface area contributed by atoms with Gasteiger partial charge in [-0.25, -0.2) is 9.67 Å². The number of halogens is 1.